The van der Waals surface area contributed by atoms with Gasteiger partial charge in [0.2, 0.25) is 5.91 Å². The maximum absolute atomic E-state index is 13.0. The summed E-state index contributed by atoms with van der Waals surface area (Å²) in [6.45, 7) is 3.18. The van der Waals surface area contributed by atoms with Crippen LogP contribution < -0.4 is 5.32 Å². The molecule has 0 bridgehead atoms. The van der Waals surface area contributed by atoms with Gasteiger partial charge in [0.1, 0.15) is 30.5 Å². The number of unbranched alkanes of at least 4 members (excludes halogenated alkanes) is 17. The molecule has 14 heteroatoms. The Hall–Kier alpha value is -1.46. The lowest BCUT2D eigenvalue weighted by Gasteiger charge is -2.41. The van der Waals surface area contributed by atoms with Crippen LogP contribution in [0.25, 0.3) is 0 Å². The van der Waals surface area contributed by atoms with Gasteiger partial charge in [0.15, 0.2) is 6.29 Å². The van der Waals surface area contributed by atoms with Gasteiger partial charge in [-0.15, -0.1) is 0 Å². The van der Waals surface area contributed by atoms with Gasteiger partial charge in [-0.3, -0.25) is 9.35 Å². The largest absolute Gasteiger partial charge is 0.397 e. The maximum Gasteiger partial charge on any atom is 0.397 e. The van der Waals surface area contributed by atoms with Crippen LogP contribution in [0.2, 0.25) is 0 Å². The van der Waals surface area contributed by atoms with E-state index >= 15 is 0 Å². The molecule has 1 fully saturated rings. The number of allylic oxidation sites excluding steroid dienone is 4. The molecule has 1 amide bonds. The van der Waals surface area contributed by atoms with Crippen molar-refractivity contribution in [3.63, 3.8) is 0 Å². The van der Waals surface area contributed by atoms with Gasteiger partial charge in [0.25, 0.3) is 0 Å². The third-order valence-corrected chi connectivity index (χ3v) is 10.1. The highest BCUT2D eigenvalue weighted by atomic mass is 32.3. The molecule has 0 spiro atoms. The van der Waals surface area contributed by atoms with Crippen LogP contribution in [0, 0.1) is 0 Å². The molecule has 13 nitrogen and oxygen atoms in total. The summed E-state index contributed by atoms with van der Waals surface area (Å²) in [7, 11) is -5.10. The average molecular weight is 780 g/mol. The lowest BCUT2D eigenvalue weighted by molar-refractivity contribution is -0.298. The Labute approximate surface area is 319 Å². The highest BCUT2D eigenvalue weighted by molar-refractivity contribution is 7.80. The molecule has 1 saturated heterocycles. The van der Waals surface area contributed by atoms with Crippen molar-refractivity contribution in [3.05, 3.63) is 24.3 Å². The predicted molar refractivity (Wildman–Crippen MR) is 205 cm³/mol. The van der Waals surface area contributed by atoms with E-state index in [9.17, 15) is 38.7 Å². The minimum absolute atomic E-state index is 0.242. The third-order valence-electron chi connectivity index (χ3n) is 9.65. The lowest BCUT2D eigenvalue weighted by atomic mass is 9.99. The van der Waals surface area contributed by atoms with Crippen molar-refractivity contribution in [1.82, 2.24) is 5.32 Å². The van der Waals surface area contributed by atoms with Gasteiger partial charge in [-0.1, -0.05) is 141 Å². The van der Waals surface area contributed by atoms with Gasteiger partial charge >= 0.3 is 10.4 Å². The van der Waals surface area contributed by atoms with Gasteiger partial charge in [-0.2, -0.15) is 8.42 Å². The Morgan fingerprint density at radius 3 is 1.79 bits per heavy atom. The summed E-state index contributed by atoms with van der Waals surface area (Å²) in [5, 5.41) is 55.0. The second kappa shape index (κ2) is 30.7. The number of hydrogen-bond donors (Lipinski definition) is 7. The van der Waals surface area contributed by atoms with E-state index < -0.39 is 78.5 Å². The number of nitrogens with one attached hydrogen (secondary N) is 1. The summed E-state index contributed by atoms with van der Waals surface area (Å²) in [6.07, 6.45) is 19.5. The summed E-state index contributed by atoms with van der Waals surface area (Å²) < 4.78 is 47.3. The summed E-state index contributed by atoms with van der Waals surface area (Å²) in [6, 6.07) is -1.04. The van der Waals surface area contributed by atoms with Gasteiger partial charge in [-0.05, 0) is 38.5 Å². The van der Waals surface area contributed by atoms with Crippen molar-refractivity contribution in [2.75, 3.05) is 13.2 Å². The minimum atomic E-state index is -5.10. The minimum Gasteiger partial charge on any atom is -0.394 e. The van der Waals surface area contributed by atoms with E-state index in [-0.39, 0.29) is 6.42 Å². The second-order valence-corrected chi connectivity index (χ2v) is 15.4. The van der Waals surface area contributed by atoms with Crippen LogP contribution >= 0.6 is 0 Å². The average Bonchev–Trinajstić information content (AvgIpc) is 3.12. The van der Waals surface area contributed by atoms with E-state index in [1.54, 1.807) is 0 Å². The molecule has 0 aromatic rings. The molecular weight excluding hydrogens is 706 g/mol. The van der Waals surface area contributed by atoms with E-state index in [1.165, 1.54) is 57.8 Å². The molecule has 8 unspecified atom stereocenters. The number of hydrogen-bond acceptors (Lipinski definition) is 11. The van der Waals surface area contributed by atoms with Crippen LogP contribution in [0.5, 0.6) is 0 Å². The van der Waals surface area contributed by atoms with Crippen LogP contribution in [0.3, 0.4) is 0 Å². The number of amides is 1. The van der Waals surface area contributed by atoms with Gasteiger partial charge in [-0.25, -0.2) is 4.18 Å². The van der Waals surface area contributed by atoms with Crippen LogP contribution in [0.15, 0.2) is 24.3 Å². The maximum atomic E-state index is 13.0. The van der Waals surface area contributed by atoms with Crippen molar-refractivity contribution in [2.24, 2.45) is 0 Å². The van der Waals surface area contributed by atoms with E-state index in [0.29, 0.717) is 19.3 Å². The zero-order chi connectivity index (χ0) is 39.3. The monoisotopic (exact) mass is 779 g/mol. The SMILES string of the molecule is CCCCC/C=C\C=C/CCCCCCCC(O)C(=O)NC(COC1OC(CO)C(O)C(OS(=O)(=O)O)C1O)C(O)CCCCCCCCCCCC. The first-order chi connectivity index (χ1) is 25.4. The van der Waals surface area contributed by atoms with Crippen molar-refractivity contribution in [2.45, 2.75) is 204 Å². The zero-order valence-electron chi connectivity index (χ0n) is 32.4. The standard InChI is InChI=1S/C39H73NO12S/c1-3-5-7-9-11-13-15-16-17-18-20-22-24-26-28-33(43)38(46)40-31(32(42)27-25-23-21-19-14-12-10-8-6-4-2)30-50-39-36(45)37(52-53(47,48)49)35(44)34(29-41)51-39/h11,13,15-16,31-37,39,41-45H,3-10,12,14,17-30H2,1-2H3,(H,40,46)(H,47,48,49)/b13-11-,16-15-. The highest BCUT2D eigenvalue weighted by Gasteiger charge is 2.48. The predicted octanol–water partition coefficient (Wildman–Crippen LogP) is 5.57. The first-order valence-corrected chi connectivity index (χ1v) is 21.7. The Morgan fingerprint density at radius 1 is 0.755 bits per heavy atom. The molecule has 0 radical (unpaired) electrons. The zero-order valence-corrected chi connectivity index (χ0v) is 33.3. The van der Waals surface area contributed by atoms with Gasteiger partial charge in [0.05, 0.1) is 25.4 Å². The number of carbonyl (C=O) groups is 1. The third kappa shape index (κ3) is 23.9. The van der Waals surface area contributed by atoms with Crippen LogP contribution in [0.4, 0.5) is 0 Å². The van der Waals surface area contributed by atoms with Crippen molar-refractivity contribution >= 4 is 16.3 Å². The summed E-state index contributed by atoms with van der Waals surface area (Å²) >= 11 is 0. The molecule has 53 heavy (non-hydrogen) atoms. The Morgan fingerprint density at radius 2 is 1.25 bits per heavy atom. The lowest BCUT2D eigenvalue weighted by Crippen LogP contribution is -2.61. The smallest absolute Gasteiger partial charge is 0.394 e. The van der Waals surface area contributed by atoms with E-state index in [0.717, 1.165) is 57.8 Å². The molecule has 0 aliphatic carbocycles. The van der Waals surface area contributed by atoms with E-state index in [1.807, 2.05) is 0 Å². The second-order valence-electron chi connectivity index (χ2n) is 14.4. The number of aliphatic hydroxyl groups excluding tert-OH is 5. The van der Waals surface area contributed by atoms with Crippen molar-refractivity contribution in [1.29, 1.82) is 0 Å². The number of rotatable bonds is 33. The fraction of sp³-hybridized carbons (Fsp3) is 0.872. The van der Waals surface area contributed by atoms with Gasteiger partial charge < -0.3 is 40.3 Å². The van der Waals surface area contributed by atoms with Crippen LogP contribution in [-0.4, -0.2) is 107 Å². The topological polar surface area (TPSA) is 212 Å². The molecule has 0 aromatic carbocycles. The summed E-state index contributed by atoms with van der Waals surface area (Å²) in [4.78, 5) is 13.0. The highest BCUT2D eigenvalue weighted by Crippen LogP contribution is 2.26. The number of ether oxygens (including phenoxy) is 2. The molecule has 0 saturated carbocycles. The number of aliphatic hydroxyl groups is 5. The van der Waals surface area contributed by atoms with E-state index in [2.05, 4.69) is 47.7 Å². The summed E-state index contributed by atoms with van der Waals surface area (Å²) in [5.41, 5.74) is 0. The molecular formula is C39H73NO12S. The van der Waals surface area contributed by atoms with Crippen LogP contribution in [-0.2, 0) is 28.9 Å². The fourth-order valence-corrected chi connectivity index (χ4v) is 6.84. The molecule has 312 valence electrons. The number of carbonyl (C=O) groups excluding carboxylic acids is 1. The van der Waals surface area contributed by atoms with Gasteiger partial charge in [0, 0.05) is 0 Å². The Kier molecular flexibility index (Phi) is 28.7. The Balaban J connectivity index is 2.65. The molecule has 8 atom stereocenters. The van der Waals surface area contributed by atoms with Crippen LogP contribution in [0.1, 0.15) is 155 Å². The quantitative estimate of drug-likeness (QED) is 0.0248. The van der Waals surface area contributed by atoms with Crippen molar-refractivity contribution < 1.29 is 57.0 Å². The Bertz CT molecular complexity index is 1070. The molecule has 1 aliphatic heterocycles. The molecule has 7 N–H and O–H groups in total. The normalized spacial score (nSPS) is 22.8. The molecule has 1 rings (SSSR count). The van der Waals surface area contributed by atoms with E-state index in [4.69, 9.17) is 14.0 Å². The van der Waals surface area contributed by atoms with Crippen molar-refractivity contribution in [3.8, 4) is 0 Å². The molecule has 1 heterocycles. The fourth-order valence-electron chi connectivity index (χ4n) is 6.34. The molecule has 0 aromatic heterocycles. The molecule has 1 aliphatic rings. The first kappa shape index (κ1) is 49.6. The summed E-state index contributed by atoms with van der Waals surface area (Å²) in [5.74, 6) is -0.685. The first-order valence-electron chi connectivity index (χ1n) is 20.3.